The largest absolute Gasteiger partial charge is 0.463 e. The summed E-state index contributed by atoms with van der Waals surface area (Å²) >= 11 is 0. The van der Waals surface area contributed by atoms with Crippen molar-refractivity contribution in [2.45, 2.75) is 76.0 Å². The molecule has 2 unspecified atom stereocenters. The van der Waals surface area contributed by atoms with Gasteiger partial charge in [-0.15, -0.1) is 0 Å². The van der Waals surface area contributed by atoms with Gasteiger partial charge in [-0.2, -0.15) is 0 Å². The summed E-state index contributed by atoms with van der Waals surface area (Å²) in [7, 11) is -11.1. The first-order valence-electron chi connectivity index (χ1n) is 15.7. The summed E-state index contributed by atoms with van der Waals surface area (Å²) in [6.07, 6.45) is 4.48. The third-order valence-corrected chi connectivity index (χ3v) is 26.6. The van der Waals surface area contributed by atoms with Crippen LogP contribution in [0, 0.1) is 0 Å². The summed E-state index contributed by atoms with van der Waals surface area (Å²) in [6, 6.07) is 34.8. The molecule has 0 spiro atoms. The Labute approximate surface area is 268 Å². The van der Waals surface area contributed by atoms with Crippen LogP contribution in [-0.2, 0) is 45.3 Å². The second-order valence-electron chi connectivity index (χ2n) is 12.4. The monoisotopic (exact) mass is 664 g/mol. The molecule has 1 heterocycles. The van der Waals surface area contributed by atoms with Gasteiger partial charge >= 0.3 is 40.2 Å². The average Bonchev–Trinajstić information content (AvgIpc) is 3.01. The van der Waals surface area contributed by atoms with Crippen LogP contribution in [0.4, 0.5) is 0 Å². The summed E-state index contributed by atoms with van der Waals surface area (Å²) in [5, 5.41) is 0. The molecule has 236 valence electrons. The number of esters is 1. The SMILES string of the molecule is C=CC(=O)OCCC[Si]1(C)O[Si](C)(CCc2ccccc2)O[Si](C)(CCc2ccccc2)O[Si](C)(CCc2ccccc2)O1. The molecule has 0 radical (unpaired) electrons. The van der Waals surface area contributed by atoms with Crippen LogP contribution >= 0.6 is 0 Å². The minimum absolute atomic E-state index is 0.302. The molecule has 0 saturated carbocycles. The van der Waals surface area contributed by atoms with E-state index >= 15 is 0 Å². The van der Waals surface area contributed by atoms with Crippen LogP contribution < -0.4 is 0 Å². The molecule has 0 N–H and O–H groups in total. The highest BCUT2D eigenvalue weighted by atomic mass is 28.5. The van der Waals surface area contributed by atoms with Crippen molar-refractivity contribution < 1.29 is 26.0 Å². The lowest BCUT2D eigenvalue weighted by Crippen LogP contribution is -2.67. The summed E-state index contributed by atoms with van der Waals surface area (Å²) in [6.45, 7) is 12.6. The Hall–Kier alpha value is -2.42. The predicted molar refractivity (Wildman–Crippen MR) is 186 cm³/mol. The summed E-state index contributed by atoms with van der Waals surface area (Å²) in [5.74, 6) is -0.410. The molecule has 1 aliphatic rings. The van der Waals surface area contributed by atoms with E-state index in [1.54, 1.807) is 0 Å². The topological polar surface area (TPSA) is 63.2 Å². The fourth-order valence-electron chi connectivity index (χ4n) is 5.99. The molecule has 1 aliphatic heterocycles. The molecule has 4 rings (SSSR count). The maximum absolute atomic E-state index is 11.7. The summed E-state index contributed by atoms with van der Waals surface area (Å²) < 4.78 is 34.6. The molecule has 0 bridgehead atoms. The number of benzene rings is 3. The maximum atomic E-state index is 11.7. The van der Waals surface area contributed by atoms with Crippen molar-refractivity contribution in [1.29, 1.82) is 0 Å². The van der Waals surface area contributed by atoms with Gasteiger partial charge in [-0.1, -0.05) is 97.6 Å². The molecule has 1 fully saturated rings. The third-order valence-electron chi connectivity index (χ3n) is 8.05. The molecular formula is C34H48O6Si4. The lowest BCUT2D eigenvalue weighted by atomic mass is 10.2. The van der Waals surface area contributed by atoms with E-state index in [1.807, 2.05) is 12.1 Å². The second-order valence-corrected chi connectivity index (χ2v) is 26.7. The third kappa shape index (κ3) is 10.9. The van der Waals surface area contributed by atoms with Crippen molar-refractivity contribution in [1.82, 2.24) is 0 Å². The van der Waals surface area contributed by atoms with Crippen molar-refractivity contribution in [2.75, 3.05) is 6.61 Å². The van der Waals surface area contributed by atoms with Gasteiger partial charge < -0.3 is 21.2 Å². The number of hydrogen-bond acceptors (Lipinski definition) is 6. The zero-order valence-corrected chi connectivity index (χ0v) is 30.8. The van der Waals surface area contributed by atoms with E-state index in [4.69, 9.17) is 21.2 Å². The highest BCUT2D eigenvalue weighted by Gasteiger charge is 2.56. The Balaban J connectivity index is 1.63. The molecule has 0 aliphatic carbocycles. The Kier molecular flexibility index (Phi) is 12.3. The molecule has 6 nitrogen and oxygen atoms in total. The van der Waals surface area contributed by atoms with E-state index in [0.717, 1.165) is 37.4 Å². The lowest BCUT2D eigenvalue weighted by Gasteiger charge is -2.50. The zero-order valence-electron chi connectivity index (χ0n) is 26.8. The van der Waals surface area contributed by atoms with Gasteiger partial charge in [0.15, 0.2) is 0 Å². The molecule has 1 saturated heterocycles. The number of ether oxygens (including phenoxy) is 1. The minimum atomic E-state index is -2.82. The Bertz CT molecular complexity index is 1270. The van der Waals surface area contributed by atoms with Gasteiger partial charge in [-0.05, 0) is 92.7 Å². The van der Waals surface area contributed by atoms with Crippen LogP contribution in [0.1, 0.15) is 23.1 Å². The van der Waals surface area contributed by atoms with Gasteiger partial charge in [0.05, 0.1) is 6.61 Å². The summed E-state index contributed by atoms with van der Waals surface area (Å²) in [4.78, 5) is 11.7. The van der Waals surface area contributed by atoms with Gasteiger partial charge in [0, 0.05) is 6.08 Å². The molecule has 2 atom stereocenters. The highest BCUT2D eigenvalue weighted by molar-refractivity contribution is 6.93. The minimum Gasteiger partial charge on any atom is -0.463 e. The highest BCUT2D eigenvalue weighted by Crippen LogP contribution is 2.39. The molecule has 44 heavy (non-hydrogen) atoms. The van der Waals surface area contributed by atoms with Gasteiger partial charge in [0.2, 0.25) is 0 Å². The summed E-state index contributed by atoms with van der Waals surface area (Å²) in [5.41, 5.74) is 3.82. The van der Waals surface area contributed by atoms with E-state index in [9.17, 15) is 4.79 Å². The number of carbonyl (C=O) groups is 1. The van der Waals surface area contributed by atoms with Crippen molar-refractivity contribution >= 4 is 40.2 Å². The van der Waals surface area contributed by atoms with Crippen molar-refractivity contribution in [3.05, 3.63) is 120 Å². The predicted octanol–water partition coefficient (Wildman–Crippen LogP) is 8.20. The van der Waals surface area contributed by atoms with Gasteiger partial charge in [0.1, 0.15) is 0 Å². The van der Waals surface area contributed by atoms with Crippen molar-refractivity contribution in [2.24, 2.45) is 0 Å². The van der Waals surface area contributed by atoms with Crippen LogP contribution in [0.3, 0.4) is 0 Å². The van der Waals surface area contributed by atoms with Crippen molar-refractivity contribution in [3.8, 4) is 0 Å². The van der Waals surface area contributed by atoms with Crippen LogP contribution in [0.25, 0.3) is 0 Å². The van der Waals surface area contributed by atoms with Gasteiger partial charge in [-0.3, -0.25) is 0 Å². The van der Waals surface area contributed by atoms with Gasteiger partial charge in [0.25, 0.3) is 0 Å². The fourth-order valence-corrected chi connectivity index (χ4v) is 29.1. The Morgan fingerprint density at radius 3 is 1.23 bits per heavy atom. The molecule has 0 aromatic heterocycles. The van der Waals surface area contributed by atoms with E-state index in [1.165, 1.54) is 22.8 Å². The number of carbonyl (C=O) groups excluding carboxylic acids is 1. The average molecular weight is 665 g/mol. The standard InChI is InChI=1S/C34H48O6Si4/c1-6-34(35)36-26-16-27-41(2)37-42(3,28-23-31-17-10-7-11-18-31)39-44(5,30-25-33-21-14-9-15-22-33)40-43(4,38-41)29-24-32-19-12-8-13-20-32/h6-15,17-22H,1,16,23-30H2,2-5H3. The van der Waals surface area contributed by atoms with Crippen LogP contribution in [0.15, 0.2) is 104 Å². The van der Waals surface area contributed by atoms with E-state index in [-0.39, 0.29) is 0 Å². The molecule has 0 amide bonds. The maximum Gasteiger partial charge on any atom is 0.330 e. The Morgan fingerprint density at radius 1 is 0.591 bits per heavy atom. The van der Waals surface area contributed by atoms with Crippen LogP contribution in [-0.4, -0.2) is 46.8 Å². The number of aryl methyl sites for hydroxylation is 3. The first-order chi connectivity index (χ1) is 21.0. The van der Waals surface area contributed by atoms with Crippen LogP contribution in [0.2, 0.25) is 50.4 Å². The smallest absolute Gasteiger partial charge is 0.330 e. The van der Waals surface area contributed by atoms with E-state index in [0.29, 0.717) is 19.1 Å². The Morgan fingerprint density at radius 2 is 0.909 bits per heavy atom. The van der Waals surface area contributed by atoms with Gasteiger partial charge in [-0.25, -0.2) is 4.79 Å². The molecular weight excluding hydrogens is 617 g/mol. The normalized spacial score (nSPS) is 27.2. The molecule has 10 heteroatoms. The molecule has 3 aromatic carbocycles. The quantitative estimate of drug-likeness (QED) is 0.0750. The first-order valence-corrected chi connectivity index (χ1v) is 25.8. The number of hydrogen-bond donors (Lipinski definition) is 0. The van der Waals surface area contributed by atoms with Crippen molar-refractivity contribution in [3.63, 3.8) is 0 Å². The van der Waals surface area contributed by atoms with E-state index in [2.05, 4.69) is 112 Å². The second kappa shape index (κ2) is 15.7. The first kappa shape index (κ1) is 34.5. The fraction of sp³-hybridized carbons (Fsp3) is 0.382. The van der Waals surface area contributed by atoms with Crippen LogP contribution in [0.5, 0.6) is 0 Å². The number of rotatable bonds is 14. The zero-order chi connectivity index (χ0) is 31.5. The van der Waals surface area contributed by atoms with E-state index < -0.39 is 40.2 Å². The molecule has 3 aromatic rings. The lowest BCUT2D eigenvalue weighted by molar-refractivity contribution is -0.137.